The first-order valence-electron chi connectivity index (χ1n) is 9.65. The summed E-state index contributed by atoms with van der Waals surface area (Å²) in [6.45, 7) is 6.95. The molecule has 0 saturated carbocycles. The number of furan rings is 1. The number of likely N-dealkylation sites (tertiary alicyclic amines) is 2. The van der Waals surface area contributed by atoms with E-state index in [2.05, 4.69) is 16.0 Å². The average molecular weight is 353 g/mol. The van der Waals surface area contributed by atoms with Crippen LogP contribution in [0.2, 0.25) is 0 Å². The molecule has 2 aromatic heterocycles. The molecule has 2 aliphatic heterocycles. The van der Waals surface area contributed by atoms with Crippen LogP contribution in [0.1, 0.15) is 40.9 Å². The number of amides is 1. The first kappa shape index (κ1) is 17.3. The quantitative estimate of drug-likeness (QED) is 0.846. The summed E-state index contributed by atoms with van der Waals surface area (Å²) in [7, 11) is 0. The third kappa shape index (κ3) is 3.68. The molecule has 2 aromatic rings. The van der Waals surface area contributed by atoms with Crippen LogP contribution in [-0.4, -0.2) is 46.9 Å². The SMILES string of the molecule is Cc1ccoc1C(=O)N1CCC(C2CCN(Cc3cccnc3)CC2)C1. The highest BCUT2D eigenvalue weighted by Crippen LogP contribution is 2.33. The van der Waals surface area contributed by atoms with E-state index < -0.39 is 0 Å². The number of hydrogen-bond donors (Lipinski definition) is 0. The van der Waals surface area contributed by atoms with Gasteiger partial charge in [-0.15, -0.1) is 0 Å². The molecular weight excluding hydrogens is 326 g/mol. The predicted molar refractivity (Wildman–Crippen MR) is 99.7 cm³/mol. The van der Waals surface area contributed by atoms with Crippen LogP contribution >= 0.6 is 0 Å². The van der Waals surface area contributed by atoms with Crippen molar-refractivity contribution in [1.82, 2.24) is 14.8 Å². The maximum Gasteiger partial charge on any atom is 0.289 e. The number of carbonyl (C=O) groups is 1. The minimum Gasteiger partial charge on any atom is -0.459 e. The van der Waals surface area contributed by atoms with Gasteiger partial charge in [0.25, 0.3) is 5.91 Å². The van der Waals surface area contributed by atoms with E-state index in [1.807, 2.05) is 36.4 Å². The molecule has 4 heterocycles. The molecule has 4 rings (SSSR count). The highest BCUT2D eigenvalue weighted by molar-refractivity contribution is 5.93. The molecule has 0 aromatic carbocycles. The van der Waals surface area contributed by atoms with Gasteiger partial charge in [0.2, 0.25) is 0 Å². The fourth-order valence-electron chi connectivity index (χ4n) is 4.42. The fourth-order valence-corrected chi connectivity index (χ4v) is 4.42. The van der Waals surface area contributed by atoms with Crippen LogP contribution in [-0.2, 0) is 6.54 Å². The van der Waals surface area contributed by atoms with Crippen molar-refractivity contribution in [1.29, 1.82) is 0 Å². The first-order valence-corrected chi connectivity index (χ1v) is 9.65. The number of pyridine rings is 1. The Morgan fingerprint density at radius 1 is 1.19 bits per heavy atom. The number of carbonyl (C=O) groups excluding carboxylic acids is 1. The predicted octanol–water partition coefficient (Wildman–Crippen LogP) is 3.36. The summed E-state index contributed by atoms with van der Waals surface area (Å²) in [4.78, 5) is 21.3. The molecule has 0 N–H and O–H groups in total. The summed E-state index contributed by atoms with van der Waals surface area (Å²) in [5.41, 5.74) is 2.22. The normalized spacial score (nSPS) is 22.0. The van der Waals surface area contributed by atoms with Gasteiger partial charge < -0.3 is 9.32 Å². The highest BCUT2D eigenvalue weighted by Gasteiger charge is 2.35. The maximum absolute atomic E-state index is 12.6. The molecule has 1 atom stereocenters. The second kappa shape index (κ2) is 7.62. The molecule has 5 nitrogen and oxygen atoms in total. The third-order valence-corrected chi connectivity index (χ3v) is 6.00. The third-order valence-electron chi connectivity index (χ3n) is 6.00. The zero-order valence-corrected chi connectivity index (χ0v) is 15.4. The molecule has 26 heavy (non-hydrogen) atoms. The van der Waals surface area contributed by atoms with Crippen LogP contribution in [0.5, 0.6) is 0 Å². The molecule has 1 unspecified atom stereocenters. The van der Waals surface area contributed by atoms with Gasteiger partial charge in [0.1, 0.15) is 0 Å². The maximum atomic E-state index is 12.6. The molecule has 0 aliphatic carbocycles. The van der Waals surface area contributed by atoms with Gasteiger partial charge in [-0.1, -0.05) is 6.07 Å². The van der Waals surface area contributed by atoms with Gasteiger partial charge in [0, 0.05) is 37.6 Å². The fraction of sp³-hybridized carbons (Fsp3) is 0.524. The van der Waals surface area contributed by atoms with Crippen LogP contribution in [0.25, 0.3) is 0 Å². The van der Waals surface area contributed by atoms with E-state index in [0.717, 1.165) is 50.6 Å². The molecule has 2 saturated heterocycles. The van der Waals surface area contributed by atoms with Crippen molar-refractivity contribution in [3.8, 4) is 0 Å². The Bertz CT molecular complexity index is 735. The summed E-state index contributed by atoms with van der Waals surface area (Å²) in [5.74, 6) is 1.94. The molecule has 0 spiro atoms. The van der Waals surface area contributed by atoms with Crippen molar-refractivity contribution >= 4 is 5.91 Å². The summed E-state index contributed by atoms with van der Waals surface area (Å²) in [5, 5.41) is 0. The average Bonchev–Trinajstić information content (AvgIpc) is 3.32. The minimum atomic E-state index is 0.0593. The zero-order valence-electron chi connectivity index (χ0n) is 15.4. The molecule has 0 radical (unpaired) electrons. The monoisotopic (exact) mass is 353 g/mol. The molecular formula is C21H27N3O2. The largest absolute Gasteiger partial charge is 0.459 e. The van der Waals surface area contributed by atoms with Gasteiger partial charge in [0.05, 0.1) is 6.26 Å². The number of hydrogen-bond acceptors (Lipinski definition) is 4. The van der Waals surface area contributed by atoms with Crippen molar-refractivity contribution < 1.29 is 9.21 Å². The smallest absolute Gasteiger partial charge is 0.289 e. The Morgan fingerprint density at radius 3 is 2.69 bits per heavy atom. The lowest BCUT2D eigenvalue weighted by molar-refractivity contribution is 0.0740. The van der Waals surface area contributed by atoms with Gasteiger partial charge in [-0.25, -0.2) is 0 Å². The van der Waals surface area contributed by atoms with Gasteiger partial charge in [-0.3, -0.25) is 14.7 Å². The van der Waals surface area contributed by atoms with Crippen molar-refractivity contribution in [3.63, 3.8) is 0 Å². The van der Waals surface area contributed by atoms with Crippen molar-refractivity contribution in [2.75, 3.05) is 26.2 Å². The van der Waals surface area contributed by atoms with Crippen LogP contribution in [0.4, 0.5) is 0 Å². The number of aryl methyl sites for hydroxylation is 1. The van der Waals surface area contributed by atoms with E-state index in [0.29, 0.717) is 11.7 Å². The van der Waals surface area contributed by atoms with Crippen molar-refractivity contribution in [2.45, 2.75) is 32.7 Å². The van der Waals surface area contributed by atoms with Crippen LogP contribution in [0, 0.1) is 18.8 Å². The van der Waals surface area contributed by atoms with Crippen LogP contribution in [0.3, 0.4) is 0 Å². The summed E-state index contributed by atoms with van der Waals surface area (Å²) < 4.78 is 5.39. The first-order chi connectivity index (χ1) is 12.7. The molecule has 0 bridgehead atoms. The topological polar surface area (TPSA) is 49.6 Å². The summed E-state index contributed by atoms with van der Waals surface area (Å²) >= 11 is 0. The lowest BCUT2D eigenvalue weighted by Crippen LogP contribution is -2.37. The standard InChI is InChI=1S/C21H27N3O2/c1-16-7-12-26-20(16)21(25)24-11-6-19(15-24)18-4-9-23(10-5-18)14-17-3-2-8-22-13-17/h2-3,7-8,12-13,18-19H,4-6,9-11,14-15H2,1H3. The van der Waals surface area contributed by atoms with E-state index in [1.165, 1.54) is 18.4 Å². The molecule has 5 heteroatoms. The minimum absolute atomic E-state index is 0.0593. The van der Waals surface area contributed by atoms with Gasteiger partial charge in [-0.2, -0.15) is 0 Å². The van der Waals surface area contributed by atoms with E-state index in [-0.39, 0.29) is 5.91 Å². The Kier molecular flexibility index (Phi) is 5.07. The Balaban J connectivity index is 1.28. The van der Waals surface area contributed by atoms with E-state index >= 15 is 0 Å². The highest BCUT2D eigenvalue weighted by atomic mass is 16.3. The van der Waals surface area contributed by atoms with E-state index in [9.17, 15) is 4.79 Å². The van der Waals surface area contributed by atoms with Crippen molar-refractivity contribution in [2.24, 2.45) is 11.8 Å². The second-order valence-electron chi connectivity index (χ2n) is 7.71. The Morgan fingerprint density at radius 2 is 2.00 bits per heavy atom. The lowest BCUT2D eigenvalue weighted by Gasteiger charge is -2.34. The molecule has 1 amide bonds. The molecule has 138 valence electrons. The van der Waals surface area contributed by atoms with Crippen LogP contribution < -0.4 is 0 Å². The second-order valence-corrected chi connectivity index (χ2v) is 7.71. The number of rotatable bonds is 4. The van der Waals surface area contributed by atoms with E-state index in [1.54, 1.807) is 6.26 Å². The Hall–Kier alpha value is -2.14. The molecule has 2 aliphatic rings. The number of nitrogens with zero attached hydrogens (tertiary/aromatic N) is 3. The van der Waals surface area contributed by atoms with Gasteiger partial charge in [0.15, 0.2) is 5.76 Å². The number of piperidine rings is 1. The molecule has 2 fully saturated rings. The lowest BCUT2D eigenvalue weighted by atomic mass is 9.83. The van der Waals surface area contributed by atoms with E-state index in [4.69, 9.17) is 4.42 Å². The summed E-state index contributed by atoms with van der Waals surface area (Å²) in [6, 6.07) is 6.02. The Labute approximate surface area is 155 Å². The zero-order chi connectivity index (χ0) is 17.9. The summed E-state index contributed by atoms with van der Waals surface area (Å²) in [6.07, 6.45) is 8.97. The number of aromatic nitrogens is 1. The van der Waals surface area contributed by atoms with Gasteiger partial charge in [-0.05, 0) is 68.8 Å². The van der Waals surface area contributed by atoms with Crippen LogP contribution in [0.15, 0.2) is 41.3 Å². The van der Waals surface area contributed by atoms with Crippen molar-refractivity contribution in [3.05, 3.63) is 53.7 Å². The van der Waals surface area contributed by atoms with Gasteiger partial charge >= 0.3 is 0 Å².